The number of esters is 1. The highest BCUT2D eigenvalue weighted by Gasteiger charge is 2.34. The highest BCUT2D eigenvalue weighted by atomic mass is 16.5. The van der Waals surface area contributed by atoms with E-state index in [2.05, 4.69) is 20.8 Å². The van der Waals surface area contributed by atoms with Crippen LogP contribution in [0.3, 0.4) is 0 Å². The van der Waals surface area contributed by atoms with Crippen molar-refractivity contribution in [2.75, 3.05) is 6.61 Å². The van der Waals surface area contributed by atoms with Crippen molar-refractivity contribution in [1.29, 1.82) is 0 Å². The Bertz CT molecular complexity index is 687. The Kier molecular flexibility index (Phi) is 4.53. The Balaban J connectivity index is 1.76. The van der Waals surface area contributed by atoms with E-state index in [1.165, 1.54) is 11.1 Å². The molecule has 0 amide bonds. The molecule has 3 heteroatoms. The van der Waals surface area contributed by atoms with Gasteiger partial charge in [0.05, 0.1) is 12.2 Å². The molecule has 1 aromatic carbocycles. The molecule has 0 bridgehead atoms. The molecule has 0 radical (unpaired) electrons. The lowest BCUT2D eigenvalue weighted by Crippen LogP contribution is -2.12. The number of benzene rings is 1. The van der Waals surface area contributed by atoms with E-state index in [1.807, 2.05) is 37.3 Å². The molecule has 2 aliphatic rings. The summed E-state index contributed by atoms with van der Waals surface area (Å²) in [4.78, 5) is 12.5. The lowest BCUT2D eigenvalue weighted by molar-refractivity contribution is 0.0634. The summed E-state index contributed by atoms with van der Waals surface area (Å²) in [5.41, 5.74) is 3.09. The number of hydrogen-bond acceptors (Lipinski definition) is 3. The summed E-state index contributed by atoms with van der Waals surface area (Å²) < 4.78 is 11.4. The number of carbonyl (C=O) groups is 1. The molecule has 2 aliphatic carbocycles. The number of allylic oxidation sites excluding steroid dienone is 2. The van der Waals surface area contributed by atoms with Crippen LogP contribution >= 0.6 is 0 Å². The minimum atomic E-state index is -0.294. The molecular weight excluding hydrogens is 300 g/mol. The van der Waals surface area contributed by atoms with Crippen LogP contribution in [0.15, 0.2) is 47.4 Å². The first-order chi connectivity index (χ1) is 11.4. The summed E-state index contributed by atoms with van der Waals surface area (Å²) in [7, 11) is 0. The van der Waals surface area contributed by atoms with Gasteiger partial charge in [-0.1, -0.05) is 32.9 Å². The Morgan fingerprint density at radius 2 is 1.92 bits per heavy atom. The predicted octanol–water partition coefficient (Wildman–Crippen LogP) is 5.13. The van der Waals surface area contributed by atoms with Crippen LogP contribution in [0.4, 0.5) is 0 Å². The second-order valence-corrected chi connectivity index (χ2v) is 7.53. The second kappa shape index (κ2) is 6.46. The molecule has 0 spiro atoms. The number of rotatable bonds is 4. The normalized spacial score (nSPS) is 20.0. The van der Waals surface area contributed by atoms with Crippen LogP contribution in [0.1, 0.15) is 62.9 Å². The zero-order valence-electron chi connectivity index (χ0n) is 15.0. The monoisotopic (exact) mass is 326 g/mol. The van der Waals surface area contributed by atoms with Crippen molar-refractivity contribution in [3.8, 4) is 0 Å². The van der Waals surface area contributed by atoms with Gasteiger partial charge in [0, 0.05) is 12.0 Å². The van der Waals surface area contributed by atoms with Crippen molar-refractivity contribution >= 4 is 5.97 Å². The van der Waals surface area contributed by atoms with Gasteiger partial charge in [0.2, 0.25) is 0 Å². The lowest BCUT2D eigenvalue weighted by atomic mass is 9.87. The first kappa shape index (κ1) is 16.8. The van der Waals surface area contributed by atoms with Crippen molar-refractivity contribution < 1.29 is 14.3 Å². The van der Waals surface area contributed by atoms with Gasteiger partial charge in [-0.05, 0) is 54.9 Å². The van der Waals surface area contributed by atoms with Gasteiger partial charge in [-0.2, -0.15) is 0 Å². The Hall–Kier alpha value is -2.03. The van der Waals surface area contributed by atoms with E-state index in [9.17, 15) is 4.79 Å². The quantitative estimate of drug-likeness (QED) is 0.720. The van der Waals surface area contributed by atoms with E-state index < -0.39 is 0 Å². The standard InChI is InChI=1S/C21H26O3/c1-5-23-18-13-19(17-8-6-7-16(17)18)24-20(22)14-9-11-15(12-10-14)21(2,3)4/h9-13,16H,5-8H2,1-4H3/t16-/m0/s1. The maximum Gasteiger partial charge on any atom is 0.343 e. The zero-order valence-corrected chi connectivity index (χ0v) is 15.0. The molecule has 128 valence electrons. The van der Waals surface area contributed by atoms with E-state index in [-0.39, 0.29) is 11.4 Å². The van der Waals surface area contributed by atoms with Crippen molar-refractivity contribution in [2.24, 2.45) is 5.92 Å². The fourth-order valence-corrected chi connectivity index (χ4v) is 3.45. The predicted molar refractivity (Wildman–Crippen MR) is 94.6 cm³/mol. The van der Waals surface area contributed by atoms with E-state index in [0.717, 1.165) is 25.0 Å². The van der Waals surface area contributed by atoms with Crippen molar-refractivity contribution in [3.05, 3.63) is 58.6 Å². The highest BCUT2D eigenvalue weighted by Crippen LogP contribution is 2.44. The molecule has 3 nitrogen and oxygen atoms in total. The maximum atomic E-state index is 12.5. The lowest BCUT2D eigenvalue weighted by Gasteiger charge is -2.19. The molecular formula is C21H26O3. The minimum absolute atomic E-state index is 0.0741. The smallest absolute Gasteiger partial charge is 0.343 e. The summed E-state index contributed by atoms with van der Waals surface area (Å²) in [5.74, 6) is 1.68. The number of hydrogen-bond donors (Lipinski definition) is 0. The number of ether oxygens (including phenoxy) is 2. The fourth-order valence-electron chi connectivity index (χ4n) is 3.45. The maximum absolute atomic E-state index is 12.5. The van der Waals surface area contributed by atoms with Gasteiger partial charge in [-0.15, -0.1) is 0 Å². The highest BCUT2D eigenvalue weighted by molar-refractivity contribution is 5.90. The first-order valence-electron chi connectivity index (χ1n) is 8.80. The van der Waals surface area contributed by atoms with Crippen LogP contribution in [0.2, 0.25) is 0 Å². The first-order valence-corrected chi connectivity index (χ1v) is 8.80. The van der Waals surface area contributed by atoms with Gasteiger partial charge in [-0.25, -0.2) is 4.79 Å². The van der Waals surface area contributed by atoms with Crippen molar-refractivity contribution in [2.45, 2.75) is 52.4 Å². The van der Waals surface area contributed by atoms with Gasteiger partial charge in [0.25, 0.3) is 0 Å². The minimum Gasteiger partial charge on any atom is -0.497 e. The SMILES string of the molecule is CCOC1=CC(OC(=O)c2ccc(C(C)(C)C)cc2)=C2CCC[C@H]12. The Labute approximate surface area is 144 Å². The summed E-state index contributed by atoms with van der Waals surface area (Å²) in [5, 5.41) is 0. The molecule has 3 rings (SSSR count). The molecule has 1 fully saturated rings. The van der Waals surface area contributed by atoms with Gasteiger partial charge in [0.1, 0.15) is 11.5 Å². The van der Waals surface area contributed by atoms with E-state index in [1.54, 1.807) is 0 Å². The largest absolute Gasteiger partial charge is 0.497 e. The Morgan fingerprint density at radius 1 is 1.21 bits per heavy atom. The summed E-state index contributed by atoms with van der Waals surface area (Å²) in [6.07, 6.45) is 5.11. The molecule has 0 aromatic heterocycles. The molecule has 0 aliphatic heterocycles. The average molecular weight is 326 g/mol. The molecule has 0 heterocycles. The van der Waals surface area contributed by atoms with Crippen LogP contribution in [0.25, 0.3) is 0 Å². The molecule has 0 N–H and O–H groups in total. The van der Waals surface area contributed by atoms with Crippen molar-refractivity contribution in [1.82, 2.24) is 0 Å². The van der Waals surface area contributed by atoms with E-state index in [4.69, 9.17) is 9.47 Å². The van der Waals surface area contributed by atoms with Crippen LogP contribution in [-0.2, 0) is 14.9 Å². The van der Waals surface area contributed by atoms with Crippen LogP contribution in [0.5, 0.6) is 0 Å². The third kappa shape index (κ3) is 3.26. The average Bonchev–Trinajstić information content (AvgIpc) is 3.12. The third-order valence-electron chi connectivity index (χ3n) is 4.79. The van der Waals surface area contributed by atoms with E-state index >= 15 is 0 Å². The molecule has 1 saturated carbocycles. The molecule has 24 heavy (non-hydrogen) atoms. The van der Waals surface area contributed by atoms with Crippen LogP contribution in [-0.4, -0.2) is 12.6 Å². The second-order valence-electron chi connectivity index (χ2n) is 7.53. The van der Waals surface area contributed by atoms with E-state index in [0.29, 0.717) is 23.8 Å². The third-order valence-corrected chi connectivity index (χ3v) is 4.79. The summed E-state index contributed by atoms with van der Waals surface area (Å²) >= 11 is 0. The van der Waals surface area contributed by atoms with Crippen molar-refractivity contribution in [3.63, 3.8) is 0 Å². The van der Waals surface area contributed by atoms with Crippen LogP contribution in [0, 0.1) is 5.92 Å². The summed E-state index contributed by atoms with van der Waals surface area (Å²) in [6.45, 7) is 9.10. The van der Waals surface area contributed by atoms with Gasteiger partial charge in [-0.3, -0.25) is 0 Å². The van der Waals surface area contributed by atoms with Gasteiger partial charge >= 0.3 is 5.97 Å². The molecule has 1 atom stereocenters. The van der Waals surface area contributed by atoms with Crippen LogP contribution < -0.4 is 0 Å². The number of fused-ring (bicyclic) bond motifs is 1. The van der Waals surface area contributed by atoms with Gasteiger partial charge in [0.15, 0.2) is 0 Å². The molecule has 0 unspecified atom stereocenters. The van der Waals surface area contributed by atoms with Gasteiger partial charge < -0.3 is 9.47 Å². The zero-order chi connectivity index (χ0) is 17.3. The topological polar surface area (TPSA) is 35.5 Å². The summed E-state index contributed by atoms with van der Waals surface area (Å²) in [6, 6.07) is 7.70. The number of carbonyl (C=O) groups excluding carboxylic acids is 1. The molecule has 0 saturated heterocycles. The fraction of sp³-hybridized carbons (Fsp3) is 0.476. The Morgan fingerprint density at radius 3 is 2.54 bits per heavy atom. The molecule has 1 aromatic rings.